The van der Waals surface area contributed by atoms with Crippen LogP contribution in [0.5, 0.6) is 0 Å². The van der Waals surface area contributed by atoms with Crippen molar-refractivity contribution in [3.05, 3.63) is 29.8 Å². The summed E-state index contributed by atoms with van der Waals surface area (Å²) in [6.45, 7) is 0.612. The van der Waals surface area contributed by atoms with Gasteiger partial charge in [0.15, 0.2) is 0 Å². The molecule has 2 aliphatic rings. The monoisotopic (exact) mass is 380 g/mol. The number of hydrogen-bond donors (Lipinski definition) is 2. The molecule has 2 N–H and O–H groups in total. The maximum atomic E-state index is 12.4. The van der Waals surface area contributed by atoms with Gasteiger partial charge < -0.3 is 10.0 Å². The fourth-order valence-corrected chi connectivity index (χ4v) is 4.60. The minimum absolute atomic E-state index is 0.00765. The van der Waals surface area contributed by atoms with Crippen LogP contribution in [0.1, 0.15) is 44.1 Å². The molecule has 1 saturated carbocycles. The maximum Gasteiger partial charge on any atom is 0.305 e. The normalized spacial score (nSPS) is 20.3. The molecule has 1 saturated heterocycles. The quantitative estimate of drug-likeness (QED) is 0.712. The second-order valence-corrected chi connectivity index (χ2v) is 8.73. The number of carboxylic acids is 1. The SMILES string of the molecule is O=C(O)CC1CCCN1C(=O)CCc1ccc(S(=O)(=O)NC2CC2)cc1. The van der Waals surface area contributed by atoms with Gasteiger partial charge in [0.25, 0.3) is 0 Å². The van der Waals surface area contributed by atoms with Crippen molar-refractivity contribution < 1.29 is 23.1 Å². The molecular formula is C18H24N2O5S. The molecule has 3 rings (SSSR count). The summed E-state index contributed by atoms with van der Waals surface area (Å²) in [5.74, 6) is -0.924. The molecule has 1 heterocycles. The van der Waals surface area contributed by atoms with E-state index in [9.17, 15) is 18.0 Å². The van der Waals surface area contributed by atoms with Gasteiger partial charge in [0.2, 0.25) is 15.9 Å². The average Bonchev–Trinajstić information content (AvgIpc) is 3.27. The average molecular weight is 380 g/mol. The Morgan fingerprint density at radius 1 is 1.15 bits per heavy atom. The molecule has 1 aliphatic heterocycles. The number of nitrogens with one attached hydrogen (secondary N) is 1. The highest BCUT2D eigenvalue weighted by molar-refractivity contribution is 7.89. The van der Waals surface area contributed by atoms with Gasteiger partial charge in [0.1, 0.15) is 0 Å². The summed E-state index contributed by atoms with van der Waals surface area (Å²) < 4.78 is 26.9. The molecule has 8 heteroatoms. The zero-order valence-electron chi connectivity index (χ0n) is 14.6. The molecular weight excluding hydrogens is 356 g/mol. The largest absolute Gasteiger partial charge is 0.481 e. The first kappa shape index (κ1) is 18.8. The number of rotatable bonds is 8. The first-order chi connectivity index (χ1) is 12.3. The topological polar surface area (TPSA) is 104 Å². The van der Waals surface area contributed by atoms with E-state index < -0.39 is 16.0 Å². The fraction of sp³-hybridized carbons (Fsp3) is 0.556. The van der Waals surface area contributed by atoms with Crippen molar-refractivity contribution in [2.75, 3.05) is 6.54 Å². The zero-order chi connectivity index (χ0) is 18.7. The summed E-state index contributed by atoms with van der Waals surface area (Å²) >= 11 is 0. The smallest absolute Gasteiger partial charge is 0.305 e. The molecule has 26 heavy (non-hydrogen) atoms. The van der Waals surface area contributed by atoms with Gasteiger partial charge in [-0.2, -0.15) is 0 Å². The van der Waals surface area contributed by atoms with Crippen molar-refractivity contribution in [1.29, 1.82) is 0 Å². The predicted molar refractivity (Wildman–Crippen MR) is 95.1 cm³/mol. The second kappa shape index (κ2) is 7.75. The molecule has 2 fully saturated rings. The second-order valence-electron chi connectivity index (χ2n) is 7.02. The molecule has 1 aromatic rings. The summed E-state index contributed by atoms with van der Waals surface area (Å²) in [7, 11) is -3.46. The highest BCUT2D eigenvalue weighted by Crippen LogP contribution is 2.23. The number of likely N-dealkylation sites (tertiary alicyclic amines) is 1. The van der Waals surface area contributed by atoms with E-state index in [0.717, 1.165) is 31.2 Å². The Kier molecular flexibility index (Phi) is 5.62. The number of amides is 1. The Balaban J connectivity index is 1.54. The molecule has 1 unspecified atom stereocenters. The minimum Gasteiger partial charge on any atom is -0.481 e. The van der Waals surface area contributed by atoms with Crippen LogP contribution in [-0.2, 0) is 26.0 Å². The van der Waals surface area contributed by atoms with E-state index in [0.29, 0.717) is 19.4 Å². The van der Waals surface area contributed by atoms with Crippen LogP contribution in [0.3, 0.4) is 0 Å². The van der Waals surface area contributed by atoms with Crippen molar-refractivity contribution in [2.24, 2.45) is 0 Å². The lowest BCUT2D eigenvalue weighted by molar-refractivity contribution is -0.139. The molecule has 1 amide bonds. The van der Waals surface area contributed by atoms with Gasteiger partial charge in [-0.3, -0.25) is 9.59 Å². The van der Waals surface area contributed by atoms with Crippen molar-refractivity contribution in [3.8, 4) is 0 Å². The number of carbonyl (C=O) groups excluding carboxylic acids is 1. The van der Waals surface area contributed by atoms with E-state index in [4.69, 9.17) is 5.11 Å². The first-order valence-electron chi connectivity index (χ1n) is 8.98. The van der Waals surface area contributed by atoms with Gasteiger partial charge in [0, 0.05) is 25.0 Å². The third-order valence-corrected chi connectivity index (χ3v) is 6.40. The standard InChI is InChI=1S/C18H24N2O5S/c21-17(20-11-1-2-15(20)12-18(22)23)10-5-13-3-8-16(9-4-13)26(24,25)19-14-6-7-14/h3-4,8-9,14-15,19H,1-2,5-7,10-12H2,(H,22,23). The number of benzene rings is 1. The van der Waals surface area contributed by atoms with Crippen LogP contribution in [0.4, 0.5) is 0 Å². The lowest BCUT2D eigenvalue weighted by Gasteiger charge is -2.23. The summed E-state index contributed by atoms with van der Waals surface area (Å²) in [5.41, 5.74) is 0.887. The van der Waals surface area contributed by atoms with Crippen molar-refractivity contribution in [3.63, 3.8) is 0 Å². The lowest BCUT2D eigenvalue weighted by atomic mass is 10.1. The molecule has 1 aliphatic carbocycles. The van der Waals surface area contributed by atoms with E-state index in [-0.39, 0.29) is 29.3 Å². The molecule has 1 aromatic carbocycles. The molecule has 0 bridgehead atoms. The number of sulfonamides is 1. The van der Waals surface area contributed by atoms with Gasteiger partial charge >= 0.3 is 5.97 Å². The van der Waals surface area contributed by atoms with Crippen LogP contribution in [0.2, 0.25) is 0 Å². The van der Waals surface area contributed by atoms with Crippen LogP contribution in [0.15, 0.2) is 29.2 Å². The van der Waals surface area contributed by atoms with E-state index in [1.54, 1.807) is 29.2 Å². The Labute approximate surface area is 153 Å². The predicted octanol–water partition coefficient (Wildman–Crippen LogP) is 1.53. The maximum absolute atomic E-state index is 12.4. The van der Waals surface area contributed by atoms with Crippen LogP contribution < -0.4 is 4.72 Å². The van der Waals surface area contributed by atoms with Gasteiger partial charge in [0.05, 0.1) is 11.3 Å². The highest BCUT2D eigenvalue weighted by Gasteiger charge is 2.30. The summed E-state index contributed by atoms with van der Waals surface area (Å²) in [6, 6.07) is 6.44. The summed E-state index contributed by atoms with van der Waals surface area (Å²) in [4.78, 5) is 25.2. The van der Waals surface area contributed by atoms with Crippen molar-refractivity contribution in [2.45, 2.75) is 61.9 Å². The highest BCUT2D eigenvalue weighted by atomic mass is 32.2. The number of carboxylic acid groups (broad SMARTS) is 1. The zero-order valence-corrected chi connectivity index (χ0v) is 15.4. The van der Waals surface area contributed by atoms with Crippen molar-refractivity contribution in [1.82, 2.24) is 9.62 Å². The molecule has 0 aromatic heterocycles. The number of aliphatic carboxylic acids is 1. The van der Waals surface area contributed by atoms with E-state index in [1.165, 1.54) is 0 Å². The number of carbonyl (C=O) groups is 2. The Morgan fingerprint density at radius 3 is 2.46 bits per heavy atom. The molecule has 7 nitrogen and oxygen atoms in total. The van der Waals surface area contributed by atoms with Crippen LogP contribution in [-0.4, -0.2) is 48.9 Å². The summed E-state index contributed by atoms with van der Waals surface area (Å²) in [6.07, 6.45) is 4.14. The molecule has 142 valence electrons. The minimum atomic E-state index is -3.46. The first-order valence-corrected chi connectivity index (χ1v) is 10.5. The van der Waals surface area contributed by atoms with Crippen LogP contribution in [0, 0.1) is 0 Å². The Hall–Kier alpha value is -1.93. The Morgan fingerprint density at radius 2 is 1.85 bits per heavy atom. The number of aryl methyl sites for hydroxylation is 1. The van der Waals surface area contributed by atoms with Gasteiger partial charge in [-0.25, -0.2) is 13.1 Å². The van der Waals surface area contributed by atoms with E-state index in [2.05, 4.69) is 4.72 Å². The third kappa shape index (κ3) is 4.82. The van der Waals surface area contributed by atoms with Gasteiger partial charge in [-0.1, -0.05) is 12.1 Å². The van der Waals surface area contributed by atoms with E-state index in [1.807, 2.05) is 0 Å². The molecule has 0 spiro atoms. The van der Waals surface area contributed by atoms with Crippen LogP contribution in [0.25, 0.3) is 0 Å². The van der Waals surface area contributed by atoms with E-state index >= 15 is 0 Å². The van der Waals surface area contributed by atoms with Gasteiger partial charge in [-0.05, 0) is 49.8 Å². The van der Waals surface area contributed by atoms with Gasteiger partial charge in [-0.15, -0.1) is 0 Å². The summed E-state index contributed by atoms with van der Waals surface area (Å²) in [5, 5.41) is 8.94. The third-order valence-electron chi connectivity index (χ3n) is 4.87. The molecule has 1 atom stereocenters. The number of nitrogens with zero attached hydrogens (tertiary/aromatic N) is 1. The Bertz CT molecular complexity index is 771. The molecule has 0 radical (unpaired) electrons. The van der Waals surface area contributed by atoms with Crippen molar-refractivity contribution >= 4 is 21.9 Å². The lowest BCUT2D eigenvalue weighted by Crippen LogP contribution is -2.36. The van der Waals surface area contributed by atoms with Crippen LogP contribution >= 0.6 is 0 Å². The number of hydrogen-bond acceptors (Lipinski definition) is 4. The fourth-order valence-electron chi connectivity index (χ4n) is 3.30.